The van der Waals surface area contributed by atoms with E-state index in [1.165, 1.54) is 30.4 Å². The molecule has 3 nitrogen and oxygen atoms in total. The van der Waals surface area contributed by atoms with E-state index >= 15 is 0 Å². The van der Waals surface area contributed by atoms with Crippen LogP contribution in [0.5, 0.6) is 0 Å². The van der Waals surface area contributed by atoms with Gasteiger partial charge in [0.25, 0.3) is 0 Å². The number of rotatable bonds is 6. The number of hydrogen-bond acceptors (Lipinski definition) is 4. The van der Waals surface area contributed by atoms with E-state index < -0.39 is 0 Å². The van der Waals surface area contributed by atoms with Crippen LogP contribution < -0.4 is 5.48 Å². The molecule has 3 aliphatic rings. The van der Waals surface area contributed by atoms with Gasteiger partial charge >= 0.3 is 0 Å². The maximum atomic E-state index is 9.48. The Kier molecular flexibility index (Phi) is 4.31. The first-order valence-electron chi connectivity index (χ1n) is 9.47. The van der Waals surface area contributed by atoms with E-state index in [1.54, 1.807) is 11.8 Å². The van der Waals surface area contributed by atoms with Crippen LogP contribution in [0.1, 0.15) is 63.1 Å². The summed E-state index contributed by atoms with van der Waals surface area (Å²) in [6.07, 6.45) is 8.75. The summed E-state index contributed by atoms with van der Waals surface area (Å²) < 4.78 is 0. The zero-order valence-electron chi connectivity index (χ0n) is 15.8. The molecule has 2 aliphatic carbocycles. The minimum atomic E-state index is 0.279. The number of hydrogen-bond donors (Lipinski definition) is 1. The molecular weight excluding hydrogens is 340 g/mol. The first kappa shape index (κ1) is 17.5. The molecule has 4 heteroatoms. The highest BCUT2D eigenvalue weighted by Gasteiger charge is 2.49. The zero-order valence-corrected chi connectivity index (χ0v) is 16.6. The summed E-state index contributed by atoms with van der Waals surface area (Å²) in [6, 6.07) is 9.05. The average Bonchev–Trinajstić information content (AvgIpc) is 3.43. The van der Waals surface area contributed by atoms with Crippen molar-refractivity contribution in [2.24, 2.45) is 5.92 Å². The summed E-state index contributed by atoms with van der Waals surface area (Å²) in [7, 11) is 0. The van der Waals surface area contributed by atoms with Crippen LogP contribution in [0.4, 0.5) is 0 Å². The van der Waals surface area contributed by atoms with Gasteiger partial charge in [0.05, 0.1) is 0 Å². The molecule has 1 aliphatic heterocycles. The Morgan fingerprint density at radius 3 is 2.62 bits per heavy atom. The molecule has 0 saturated heterocycles. The van der Waals surface area contributed by atoms with Gasteiger partial charge < -0.3 is 4.84 Å². The zero-order chi connectivity index (χ0) is 18.4. The third-order valence-corrected chi connectivity index (χ3v) is 7.35. The molecule has 2 unspecified atom stereocenters. The molecule has 0 radical (unpaired) electrons. The number of nitrogens with one attached hydrogen (secondary N) is 1. The maximum absolute atomic E-state index is 9.48. The molecule has 0 amide bonds. The van der Waals surface area contributed by atoms with Crippen molar-refractivity contribution in [3.63, 3.8) is 0 Å². The number of nitrogens with zero attached hydrogens (tertiary/aromatic N) is 1. The van der Waals surface area contributed by atoms with Crippen molar-refractivity contribution in [1.29, 1.82) is 5.26 Å². The third-order valence-electron chi connectivity index (χ3n) is 6.34. The highest BCUT2D eigenvalue weighted by Crippen LogP contribution is 2.55. The van der Waals surface area contributed by atoms with Gasteiger partial charge in [-0.2, -0.15) is 5.26 Å². The van der Waals surface area contributed by atoms with Crippen molar-refractivity contribution in [2.75, 3.05) is 5.75 Å². The van der Waals surface area contributed by atoms with E-state index in [2.05, 4.69) is 56.6 Å². The van der Waals surface area contributed by atoms with E-state index in [0.29, 0.717) is 11.2 Å². The summed E-state index contributed by atoms with van der Waals surface area (Å²) in [6.45, 7) is 7.01. The van der Waals surface area contributed by atoms with Gasteiger partial charge in [0.1, 0.15) is 11.1 Å². The number of benzene rings is 1. The topological polar surface area (TPSA) is 45.0 Å². The number of thioether (sulfide) groups is 1. The van der Waals surface area contributed by atoms with Gasteiger partial charge in [-0.1, -0.05) is 45.0 Å². The maximum Gasteiger partial charge on any atom is 0.232 e. The van der Waals surface area contributed by atoms with Crippen LogP contribution in [0, 0.1) is 17.2 Å². The van der Waals surface area contributed by atoms with Crippen LogP contribution in [0.3, 0.4) is 0 Å². The standard InChI is InChI=1S/C22H26N2OS/c1-15-13-22(15,3)18-10-16(9-17(12-18)21(2)6-7-21)11-19(14-23)25-24-20-5-4-8-26-20/h5,9-12,15,24H,4,6-8,13H2,1-3H3/b19-11+. The van der Waals surface area contributed by atoms with Crippen LogP contribution in [-0.4, -0.2) is 5.75 Å². The van der Waals surface area contributed by atoms with E-state index in [0.717, 1.165) is 28.7 Å². The van der Waals surface area contributed by atoms with Crippen molar-refractivity contribution < 1.29 is 4.84 Å². The third kappa shape index (κ3) is 3.38. The van der Waals surface area contributed by atoms with E-state index in [1.807, 2.05) is 6.08 Å². The fraction of sp³-hybridized carbons (Fsp3) is 0.500. The Morgan fingerprint density at radius 2 is 2.04 bits per heavy atom. The molecule has 0 aromatic heterocycles. The summed E-state index contributed by atoms with van der Waals surface area (Å²) in [4.78, 5) is 5.54. The molecular formula is C22H26N2OS. The monoisotopic (exact) mass is 366 g/mol. The van der Waals surface area contributed by atoms with E-state index in [-0.39, 0.29) is 5.41 Å². The largest absolute Gasteiger partial charge is 0.370 e. The molecule has 4 rings (SSSR count). The molecule has 2 fully saturated rings. The molecule has 1 N–H and O–H groups in total. The Balaban J connectivity index is 1.61. The quantitative estimate of drug-likeness (QED) is 0.416. The Labute approximate surface area is 160 Å². The molecule has 136 valence electrons. The predicted molar refractivity (Wildman–Crippen MR) is 107 cm³/mol. The number of nitriles is 1. The van der Waals surface area contributed by atoms with Gasteiger partial charge in [0.2, 0.25) is 5.76 Å². The van der Waals surface area contributed by atoms with E-state index in [9.17, 15) is 5.26 Å². The van der Waals surface area contributed by atoms with E-state index in [4.69, 9.17) is 4.84 Å². The first-order valence-corrected chi connectivity index (χ1v) is 10.5. The highest BCUT2D eigenvalue weighted by molar-refractivity contribution is 8.03. The fourth-order valence-corrected chi connectivity index (χ4v) is 4.49. The average molecular weight is 367 g/mol. The SMILES string of the molecule is CC1CC1(C)c1cc(/C=C(\C#N)ONC2=CCCS2)cc(C2(C)CC2)c1. The van der Waals surface area contributed by atoms with Crippen LogP contribution in [0.2, 0.25) is 0 Å². The van der Waals surface area contributed by atoms with Gasteiger partial charge in [-0.3, -0.25) is 0 Å². The van der Waals surface area contributed by atoms with Crippen molar-refractivity contribution >= 4 is 17.8 Å². The van der Waals surface area contributed by atoms with Crippen molar-refractivity contribution in [3.8, 4) is 6.07 Å². The van der Waals surface area contributed by atoms with Crippen LogP contribution in [-0.2, 0) is 15.7 Å². The van der Waals surface area contributed by atoms with Gasteiger partial charge in [0.15, 0.2) is 0 Å². The lowest BCUT2D eigenvalue weighted by molar-refractivity contribution is 0.155. The number of allylic oxidation sites excluding steroid dienone is 2. The lowest BCUT2D eigenvalue weighted by Crippen LogP contribution is -2.10. The van der Waals surface area contributed by atoms with Crippen molar-refractivity contribution in [2.45, 2.75) is 57.3 Å². The Bertz CT molecular complexity index is 831. The number of hydroxylamine groups is 1. The summed E-state index contributed by atoms with van der Waals surface area (Å²) in [5, 5.41) is 10.5. The molecule has 2 saturated carbocycles. The second-order valence-electron chi connectivity index (χ2n) is 8.46. The van der Waals surface area contributed by atoms with Gasteiger partial charge in [-0.25, -0.2) is 5.48 Å². The fourth-order valence-electron chi connectivity index (χ4n) is 3.70. The lowest BCUT2D eigenvalue weighted by atomic mass is 9.87. The Morgan fingerprint density at radius 1 is 1.31 bits per heavy atom. The Hall–Kier alpha value is -1.86. The van der Waals surface area contributed by atoms with Crippen LogP contribution in [0.15, 0.2) is 35.1 Å². The predicted octanol–water partition coefficient (Wildman–Crippen LogP) is 5.40. The summed E-state index contributed by atoms with van der Waals surface area (Å²) in [5.74, 6) is 2.09. The lowest BCUT2D eigenvalue weighted by Gasteiger charge is -2.17. The highest BCUT2D eigenvalue weighted by atomic mass is 32.2. The van der Waals surface area contributed by atoms with Gasteiger partial charge in [0, 0.05) is 11.8 Å². The normalized spacial score (nSPS) is 28.9. The smallest absolute Gasteiger partial charge is 0.232 e. The van der Waals surface area contributed by atoms with Gasteiger partial charge in [-0.15, -0.1) is 11.8 Å². The first-order chi connectivity index (χ1) is 12.4. The minimum Gasteiger partial charge on any atom is -0.370 e. The summed E-state index contributed by atoms with van der Waals surface area (Å²) >= 11 is 1.72. The van der Waals surface area contributed by atoms with Crippen molar-refractivity contribution in [3.05, 3.63) is 51.8 Å². The molecule has 0 spiro atoms. The molecule has 0 bridgehead atoms. The van der Waals surface area contributed by atoms with Crippen molar-refractivity contribution in [1.82, 2.24) is 5.48 Å². The van der Waals surface area contributed by atoms with Crippen LogP contribution >= 0.6 is 11.8 Å². The van der Waals surface area contributed by atoms with Gasteiger partial charge in [-0.05, 0) is 59.1 Å². The molecule has 1 aromatic carbocycles. The molecule has 1 heterocycles. The second-order valence-corrected chi connectivity index (χ2v) is 9.59. The minimum absolute atomic E-state index is 0.279. The molecule has 26 heavy (non-hydrogen) atoms. The summed E-state index contributed by atoms with van der Waals surface area (Å²) in [5.41, 5.74) is 7.37. The molecule has 2 atom stereocenters. The van der Waals surface area contributed by atoms with Crippen LogP contribution in [0.25, 0.3) is 6.08 Å². The molecule has 1 aromatic rings. The second kappa shape index (κ2) is 6.39.